The Morgan fingerprint density at radius 2 is 1.46 bits per heavy atom. The Hall–Kier alpha value is -2.83. The van der Waals surface area contributed by atoms with E-state index in [-0.39, 0.29) is 5.91 Å². The maximum absolute atomic E-state index is 12.7. The number of hydrogen-bond acceptors (Lipinski definition) is 6. The van der Waals surface area contributed by atoms with Crippen molar-refractivity contribution >= 4 is 17.5 Å². The lowest BCUT2D eigenvalue weighted by atomic mass is 10.1. The maximum Gasteiger partial charge on any atom is 0.253 e. The predicted molar refractivity (Wildman–Crippen MR) is 109 cm³/mol. The minimum Gasteiger partial charge on any atom is -0.497 e. The van der Waals surface area contributed by atoms with E-state index in [0.717, 1.165) is 43.6 Å². The van der Waals surface area contributed by atoms with E-state index in [1.54, 1.807) is 13.4 Å². The highest BCUT2D eigenvalue weighted by Gasteiger charge is 2.23. The molecule has 4 rings (SSSR count). The highest BCUT2D eigenvalue weighted by atomic mass is 16.5. The largest absolute Gasteiger partial charge is 0.497 e. The molecule has 0 unspecified atom stereocenters. The predicted octanol–water partition coefficient (Wildman–Crippen LogP) is 2.44. The summed E-state index contributed by atoms with van der Waals surface area (Å²) < 4.78 is 5.16. The number of anilines is 2. The molecule has 1 amide bonds. The molecule has 0 aliphatic carbocycles. The van der Waals surface area contributed by atoms with Crippen LogP contribution >= 0.6 is 0 Å². The first-order valence-electron chi connectivity index (χ1n) is 10.00. The molecule has 0 atom stereocenters. The molecule has 0 N–H and O–H groups in total. The molecule has 2 aliphatic rings. The zero-order valence-corrected chi connectivity index (χ0v) is 16.4. The van der Waals surface area contributed by atoms with Gasteiger partial charge in [-0.05, 0) is 43.5 Å². The van der Waals surface area contributed by atoms with E-state index in [2.05, 4.69) is 25.8 Å². The van der Waals surface area contributed by atoms with Crippen molar-refractivity contribution in [1.82, 2.24) is 14.9 Å². The summed E-state index contributed by atoms with van der Waals surface area (Å²) in [7, 11) is 1.62. The fraction of sp³-hybridized carbons (Fsp3) is 0.476. The van der Waals surface area contributed by atoms with Crippen LogP contribution in [0.2, 0.25) is 0 Å². The molecule has 148 valence electrons. The second kappa shape index (κ2) is 8.46. The average Bonchev–Trinajstić information content (AvgIpc) is 2.79. The number of piperidine rings is 1. The zero-order valence-electron chi connectivity index (χ0n) is 16.4. The summed E-state index contributed by atoms with van der Waals surface area (Å²) in [6.07, 6.45) is 5.42. The minimum atomic E-state index is 0.0685. The first-order chi connectivity index (χ1) is 13.7. The smallest absolute Gasteiger partial charge is 0.253 e. The molecule has 2 saturated heterocycles. The monoisotopic (exact) mass is 381 g/mol. The third-order valence-corrected chi connectivity index (χ3v) is 5.55. The van der Waals surface area contributed by atoms with Crippen molar-refractivity contribution in [2.24, 2.45) is 0 Å². The molecule has 3 heterocycles. The Labute approximate surface area is 165 Å². The fourth-order valence-corrected chi connectivity index (χ4v) is 3.86. The van der Waals surface area contributed by atoms with E-state index in [0.29, 0.717) is 18.7 Å². The van der Waals surface area contributed by atoms with Crippen LogP contribution in [0.15, 0.2) is 36.7 Å². The van der Waals surface area contributed by atoms with Crippen molar-refractivity contribution in [3.8, 4) is 5.75 Å². The standard InChI is InChI=1S/C21H27N5O2/c1-28-18-7-5-17(6-8-18)21(27)26-13-11-25(12-14-26)20-15-19(22-16-23-20)24-9-3-2-4-10-24/h5-8,15-16H,2-4,9-14H2,1H3. The number of rotatable bonds is 4. The molecule has 0 bridgehead atoms. The Kier molecular flexibility index (Phi) is 5.60. The van der Waals surface area contributed by atoms with Crippen LogP contribution in [0.5, 0.6) is 5.75 Å². The third-order valence-electron chi connectivity index (χ3n) is 5.55. The zero-order chi connectivity index (χ0) is 19.3. The van der Waals surface area contributed by atoms with E-state index < -0.39 is 0 Å². The molecular formula is C21H27N5O2. The van der Waals surface area contributed by atoms with Crippen molar-refractivity contribution in [2.45, 2.75) is 19.3 Å². The van der Waals surface area contributed by atoms with Gasteiger partial charge in [-0.2, -0.15) is 0 Å². The van der Waals surface area contributed by atoms with Crippen LogP contribution in [0.3, 0.4) is 0 Å². The van der Waals surface area contributed by atoms with Crippen molar-refractivity contribution in [3.63, 3.8) is 0 Å². The number of nitrogens with zero attached hydrogens (tertiary/aromatic N) is 5. The number of aromatic nitrogens is 2. The van der Waals surface area contributed by atoms with Gasteiger partial charge in [-0.1, -0.05) is 0 Å². The summed E-state index contributed by atoms with van der Waals surface area (Å²) in [4.78, 5) is 28.2. The summed E-state index contributed by atoms with van der Waals surface area (Å²) in [5, 5.41) is 0. The van der Waals surface area contributed by atoms with E-state index in [1.165, 1.54) is 19.3 Å². The van der Waals surface area contributed by atoms with Gasteiger partial charge in [0.05, 0.1) is 7.11 Å². The summed E-state index contributed by atoms with van der Waals surface area (Å²) in [5.41, 5.74) is 0.698. The molecule has 1 aromatic heterocycles. The molecular weight excluding hydrogens is 354 g/mol. The number of ether oxygens (including phenoxy) is 1. The van der Waals surface area contributed by atoms with Crippen LogP contribution in [0, 0.1) is 0 Å². The molecule has 2 aliphatic heterocycles. The van der Waals surface area contributed by atoms with Crippen LogP contribution in [0.4, 0.5) is 11.6 Å². The van der Waals surface area contributed by atoms with Gasteiger partial charge in [-0.15, -0.1) is 0 Å². The van der Waals surface area contributed by atoms with Gasteiger partial charge >= 0.3 is 0 Å². The van der Waals surface area contributed by atoms with Crippen molar-refractivity contribution in [3.05, 3.63) is 42.2 Å². The van der Waals surface area contributed by atoms with Gasteiger partial charge in [0.1, 0.15) is 23.7 Å². The first kappa shape index (κ1) is 18.5. The van der Waals surface area contributed by atoms with Gasteiger partial charge in [0.2, 0.25) is 0 Å². The van der Waals surface area contributed by atoms with Gasteiger partial charge in [0.25, 0.3) is 5.91 Å². The molecule has 0 spiro atoms. The van der Waals surface area contributed by atoms with E-state index >= 15 is 0 Å². The highest BCUT2D eigenvalue weighted by molar-refractivity contribution is 5.94. The fourth-order valence-electron chi connectivity index (χ4n) is 3.86. The summed E-state index contributed by atoms with van der Waals surface area (Å²) in [5.74, 6) is 2.79. The Morgan fingerprint density at radius 3 is 2.07 bits per heavy atom. The number of methoxy groups -OCH3 is 1. The van der Waals surface area contributed by atoms with Crippen LogP contribution in [-0.4, -0.2) is 67.2 Å². The number of hydrogen-bond donors (Lipinski definition) is 0. The Bertz CT molecular complexity index is 797. The van der Waals surface area contributed by atoms with Crippen LogP contribution in [-0.2, 0) is 0 Å². The van der Waals surface area contributed by atoms with Crippen LogP contribution in [0.25, 0.3) is 0 Å². The van der Waals surface area contributed by atoms with Gasteiger partial charge < -0.3 is 19.4 Å². The highest BCUT2D eigenvalue weighted by Crippen LogP contribution is 2.22. The maximum atomic E-state index is 12.7. The summed E-state index contributed by atoms with van der Waals surface area (Å²) in [6, 6.07) is 9.39. The molecule has 2 aromatic rings. The lowest BCUT2D eigenvalue weighted by Crippen LogP contribution is -2.49. The van der Waals surface area contributed by atoms with E-state index in [4.69, 9.17) is 4.74 Å². The lowest BCUT2D eigenvalue weighted by Gasteiger charge is -2.36. The SMILES string of the molecule is COc1ccc(C(=O)N2CCN(c3cc(N4CCCCC4)ncn3)CC2)cc1. The second-order valence-corrected chi connectivity index (χ2v) is 7.29. The van der Waals surface area contributed by atoms with Crippen molar-refractivity contribution in [2.75, 3.05) is 56.2 Å². The molecule has 2 fully saturated rings. The van der Waals surface area contributed by atoms with Gasteiger partial charge in [0.15, 0.2) is 0 Å². The first-order valence-corrected chi connectivity index (χ1v) is 10.00. The Morgan fingerprint density at radius 1 is 0.857 bits per heavy atom. The summed E-state index contributed by atoms with van der Waals surface area (Å²) in [6.45, 7) is 5.07. The van der Waals surface area contributed by atoms with Crippen LogP contribution < -0.4 is 14.5 Å². The number of benzene rings is 1. The Balaban J connectivity index is 1.37. The molecule has 7 heteroatoms. The molecule has 0 radical (unpaired) electrons. The number of piperazine rings is 1. The normalized spacial score (nSPS) is 17.5. The number of amides is 1. The van der Waals surface area contributed by atoms with Crippen molar-refractivity contribution in [1.29, 1.82) is 0 Å². The number of carbonyl (C=O) groups is 1. The third kappa shape index (κ3) is 4.03. The molecule has 1 aromatic carbocycles. The summed E-state index contributed by atoms with van der Waals surface area (Å²) >= 11 is 0. The molecule has 0 saturated carbocycles. The van der Waals surface area contributed by atoms with Crippen molar-refractivity contribution < 1.29 is 9.53 Å². The molecule has 28 heavy (non-hydrogen) atoms. The lowest BCUT2D eigenvalue weighted by molar-refractivity contribution is 0.0746. The van der Waals surface area contributed by atoms with Gasteiger partial charge in [-0.25, -0.2) is 9.97 Å². The van der Waals surface area contributed by atoms with E-state index in [9.17, 15) is 4.79 Å². The topological polar surface area (TPSA) is 61.8 Å². The number of carbonyl (C=O) groups excluding carboxylic acids is 1. The van der Waals surface area contributed by atoms with Gasteiger partial charge in [-0.3, -0.25) is 4.79 Å². The van der Waals surface area contributed by atoms with Gasteiger partial charge in [0, 0.05) is 50.9 Å². The quantitative estimate of drug-likeness (QED) is 0.811. The van der Waals surface area contributed by atoms with E-state index in [1.807, 2.05) is 29.2 Å². The van der Waals surface area contributed by atoms with Crippen LogP contribution in [0.1, 0.15) is 29.6 Å². The average molecular weight is 381 g/mol. The minimum absolute atomic E-state index is 0.0685. The second-order valence-electron chi connectivity index (χ2n) is 7.29. The molecule has 7 nitrogen and oxygen atoms in total.